The molecule has 0 saturated carbocycles. The first-order valence-electron chi connectivity index (χ1n) is 8.70. The Bertz CT molecular complexity index is 790. The van der Waals surface area contributed by atoms with Crippen molar-refractivity contribution in [3.8, 4) is 5.75 Å². The molecule has 136 valence electrons. The van der Waals surface area contributed by atoms with Crippen molar-refractivity contribution in [2.24, 2.45) is 0 Å². The lowest BCUT2D eigenvalue weighted by atomic mass is 10.1. The van der Waals surface area contributed by atoms with Crippen LogP contribution < -0.4 is 9.64 Å². The zero-order chi connectivity index (χ0) is 17.6. The van der Waals surface area contributed by atoms with E-state index in [1.165, 1.54) is 4.90 Å². The maximum atomic E-state index is 12.7. The summed E-state index contributed by atoms with van der Waals surface area (Å²) in [5.74, 6) is 1.35. The van der Waals surface area contributed by atoms with E-state index in [2.05, 4.69) is 0 Å². The molecular formula is C17H22ClN2O4S+. The number of rotatable bonds is 2. The van der Waals surface area contributed by atoms with Gasteiger partial charge in [-0.15, -0.1) is 0 Å². The van der Waals surface area contributed by atoms with E-state index >= 15 is 0 Å². The van der Waals surface area contributed by atoms with E-state index in [9.17, 15) is 13.2 Å². The van der Waals surface area contributed by atoms with Crippen LogP contribution in [-0.4, -0.2) is 69.1 Å². The molecule has 2 saturated heterocycles. The van der Waals surface area contributed by atoms with Gasteiger partial charge in [-0.2, -0.15) is 0 Å². The van der Waals surface area contributed by atoms with Gasteiger partial charge in [-0.1, -0.05) is 11.6 Å². The summed E-state index contributed by atoms with van der Waals surface area (Å²) in [6.07, 6.45) is 0.831. The van der Waals surface area contributed by atoms with Gasteiger partial charge < -0.3 is 14.5 Å². The Morgan fingerprint density at radius 1 is 1.28 bits per heavy atom. The highest BCUT2D eigenvalue weighted by Crippen LogP contribution is 2.31. The number of ether oxygens (including phenoxy) is 1. The molecule has 1 N–H and O–H groups in total. The Kier molecular flexibility index (Phi) is 4.42. The number of hydrogen-bond donors (Lipinski definition) is 1. The Labute approximate surface area is 152 Å². The lowest BCUT2D eigenvalue weighted by Crippen LogP contribution is -3.18. The zero-order valence-electron chi connectivity index (χ0n) is 13.9. The minimum atomic E-state index is -2.85. The molecule has 0 spiro atoms. The van der Waals surface area contributed by atoms with Crippen LogP contribution in [0.2, 0.25) is 5.02 Å². The number of quaternary nitrogens is 1. The minimum absolute atomic E-state index is 0.0189. The number of amides is 1. The SMILES string of the molecule is O=C([C@H]1Cc2cc(Cl)ccc2O1)N1CC[NH+]([C@H]2CCS(=O)(=O)C2)CC1. The second-order valence-electron chi connectivity index (χ2n) is 7.15. The molecule has 2 atom stereocenters. The van der Waals surface area contributed by atoms with Gasteiger partial charge in [0.05, 0.1) is 31.9 Å². The first kappa shape index (κ1) is 17.1. The second kappa shape index (κ2) is 6.45. The van der Waals surface area contributed by atoms with Crippen molar-refractivity contribution in [3.05, 3.63) is 28.8 Å². The Hall–Kier alpha value is -1.31. The molecule has 3 aliphatic heterocycles. The predicted molar refractivity (Wildman–Crippen MR) is 93.9 cm³/mol. The summed E-state index contributed by atoms with van der Waals surface area (Å²) >= 11 is 6.00. The summed E-state index contributed by atoms with van der Waals surface area (Å²) in [4.78, 5) is 15.9. The number of carbonyl (C=O) groups is 1. The number of halogens is 1. The largest absolute Gasteiger partial charge is 0.480 e. The molecular weight excluding hydrogens is 364 g/mol. The number of nitrogens with zero attached hydrogens (tertiary/aromatic N) is 1. The molecule has 0 unspecified atom stereocenters. The number of piperazine rings is 1. The lowest BCUT2D eigenvalue weighted by Gasteiger charge is -2.35. The van der Waals surface area contributed by atoms with E-state index in [1.807, 2.05) is 17.0 Å². The van der Waals surface area contributed by atoms with Gasteiger partial charge in [0.2, 0.25) is 0 Å². The summed E-state index contributed by atoms with van der Waals surface area (Å²) in [6.45, 7) is 2.91. The first-order chi connectivity index (χ1) is 11.9. The summed E-state index contributed by atoms with van der Waals surface area (Å²) in [7, 11) is -2.85. The number of hydrogen-bond acceptors (Lipinski definition) is 4. The van der Waals surface area contributed by atoms with Gasteiger partial charge in [0.1, 0.15) is 17.5 Å². The monoisotopic (exact) mass is 385 g/mol. The van der Waals surface area contributed by atoms with Crippen LogP contribution >= 0.6 is 11.6 Å². The summed E-state index contributed by atoms with van der Waals surface area (Å²) in [5.41, 5.74) is 0.978. The number of nitrogens with one attached hydrogen (secondary N) is 1. The molecule has 1 aromatic carbocycles. The van der Waals surface area contributed by atoms with Gasteiger partial charge in [-0.3, -0.25) is 4.79 Å². The van der Waals surface area contributed by atoms with Crippen molar-refractivity contribution in [3.63, 3.8) is 0 Å². The van der Waals surface area contributed by atoms with E-state index < -0.39 is 15.9 Å². The van der Waals surface area contributed by atoms with Crippen LogP contribution in [0.4, 0.5) is 0 Å². The lowest BCUT2D eigenvalue weighted by molar-refractivity contribution is -0.925. The van der Waals surface area contributed by atoms with E-state index in [4.69, 9.17) is 16.3 Å². The van der Waals surface area contributed by atoms with Crippen LogP contribution in [-0.2, 0) is 21.1 Å². The quantitative estimate of drug-likeness (QED) is 0.749. The van der Waals surface area contributed by atoms with Crippen molar-refractivity contribution in [1.82, 2.24) is 4.90 Å². The third-order valence-corrected chi connectivity index (χ3v) is 7.50. The molecule has 0 aromatic heterocycles. The maximum absolute atomic E-state index is 12.7. The van der Waals surface area contributed by atoms with Crippen molar-refractivity contribution in [2.75, 3.05) is 37.7 Å². The highest BCUT2D eigenvalue weighted by molar-refractivity contribution is 7.91. The minimum Gasteiger partial charge on any atom is -0.480 e. The van der Waals surface area contributed by atoms with Crippen molar-refractivity contribution in [1.29, 1.82) is 0 Å². The Morgan fingerprint density at radius 3 is 2.72 bits per heavy atom. The standard InChI is InChI=1S/C17H21ClN2O4S/c18-13-1-2-15-12(9-13)10-16(24-15)17(21)20-6-4-19(5-7-20)14-3-8-25(22,23)11-14/h1-2,9,14,16H,3-8,10-11H2/p+1/t14-,16+/m0/s1. The summed E-state index contributed by atoms with van der Waals surface area (Å²) in [6, 6.07) is 5.63. The molecule has 1 amide bonds. The van der Waals surface area contributed by atoms with Crippen LogP contribution in [0.5, 0.6) is 5.75 Å². The van der Waals surface area contributed by atoms with E-state index in [1.54, 1.807) is 6.07 Å². The fourth-order valence-electron chi connectivity index (χ4n) is 4.10. The first-order valence-corrected chi connectivity index (χ1v) is 10.9. The molecule has 6 nitrogen and oxygen atoms in total. The molecule has 0 aliphatic carbocycles. The molecule has 0 radical (unpaired) electrons. The normalized spacial score (nSPS) is 28.6. The highest BCUT2D eigenvalue weighted by Gasteiger charge is 2.39. The van der Waals surface area contributed by atoms with Gasteiger partial charge in [0.15, 0.2) is 15.9 Å². The summed E-state index contributed by atoms with van der Waals surface area (Å²) in [5, 5.41) is 0.652. The third kappa shape index (κ3) is 3.50. The molecule has 2 fully saturated rings. The van der Waals surface area contributed by atoms with E-state index in [0.29, 0.717) is 30.3 Å². The van der Waals surface area contributed by atoms with Crippen molar-refractivity contribution in [2.45, 2.75) is 25.0 Å². The highest BCUT2D eigenvalue weighted by atomic mass is 35.5. The second-order valence-corrected chi connectivity index (χ2v) is 9.81. The molecule has 25 heavy (non-hydrogen) atoms. The van der Waals surface area contributed by atoms with E-state index in [-0.39, 0.29) is 17.7 Å². The predicted octanol–water partition coefficient (Wildman–Crippen LogP) is -0.442. The van der Waals surface area contributed by atoms with Gasteiger partial charge >= 0.3 is 0 Å². The van der Waals surface area contributed by atoms with Crippen LogP contribution in [0, 0.1) is 0 Å². The molecule has 3 aliphatic rings. The van der Waals surface area contributed by atoms with Crippen molar-refractivity contribution >= 4 is 27.3 Å². The topological polar surface area (TPSA) is 68.1 Å². The fraction of sp³-hybridized carbons (Fsp3) is 0.588. The number of benzene rings is 1. The average Bonchev–Trinajstić information content (AvgIpc) is 3.17. The summed E-state index contributed by atoms with van der Waals surface area (Å²) < 4.78 is 29.1. The van der Waals surface area contributed by atoms with Crippen molar-refractivity contribution < 1.29 is 22.8 Å². The van der Waals surface area contributed by atoms with Gasteiger partial charge in [0.25, 0.3) is 5.91 Å². The van der Waals surface area contributed by atoms with Crippen LogP contribution in [0.3, 0.4) is 0 Å². The zero-order valence-corrected chi connectivity index (χ0v) is 15.5. The molecule has 3 heterocycles. The smallest absolute Gasteiger partial charge is 0.264 e. The van der Waals surface area contributed by atoms with Crippen LogP contribution in [0.25, 0.3) is 0 Å². The third-order valence-electron chi connectivity index (χ3n) is 5.50. The van der Waals surface area contributed by atoms with Crippen LogP contribution in [0.1, 0.15) is 12.0 Å². The Morgan fingerprint density at radius 2 is 2.04 bits per heavy atom. The van der Waals surface area contributed by atoms with E-state index in [0.717, 1.165) is 30.8 Å². The molecule has 1 aromatic rings. The number of fused-ring (bicyclic) bond motifs is 1. The fourth-order valence-corrected chi connectivity index (χ4v) is 6.12. The molecule has 0 bridgehead atoms. The molecule has 4 rings (SSSR count). The van der Waals surface area contributed by atoms with Crippen LogP contribution in [0.15, 0.2) is 18.2 Å². The maximum Gasteiger partial charge on any atom is 0.264 e. The Balaban J connectivity index is 1.33. The number of sulfone groups is 1. The van der Waals surface area contributed by atoms with Gasteiger partial charge in [-0.05, 0) is 23.8 Å². The average molecular weight is 386 g/mol. The number of carbonyl (C=O) groups excluding carboxylic acids is 1. The molecule has 8 heteroatoms. The van der Waals surface area contributed by atoms with Gasteiger partial charge in [-0.25, -0.2) is 8.42 Å². The van der Waals surface area contributed by atoms with Gasteiger partial charge in [0, 0.05) is 17.9 Å².